The zero-order valence-electron chi connectivity index (χ0n) is 11.0. The Morgan fingerprint density at radius 2 is 2.06 bits per heavy atom. The lowest BCUT2D eigenvalue weighted by atomic mass is 9.96. The summed E-state index contributed by atoms with van der Waals surface area (Å²) in [6, 6.07) is 2.05. The molecular formula is C13H25NOS. The normalized spacial score (nSPS) is 14.0. The van der Waals surface area contributed by atoms with Gasteiger partial charge in [-0.15, -0.1) is 0 Å². The van der Waals surface area contributed by atoms with Crippen molar-refractivity contribution in [3.8, 4) is 0 Å². The lowest BCUT2D eigenvalue weighted by molar-refractivity contribution is 0.00995. The average Bonchev–Trinajstić information content (AvgIpc) is 2.80. The minimum atomic E-state index is 0.630. The van der Waals surface area contributed by atoms with E-state index >= 15 is 0 Å². The molecule has 2 rings (SSSR count). The van der Waals surface area contributed by atoms with E-state index in [0.29, 0.717) is 6.10 Å². The summed E-state index contributed by atoms with van der Waals surface area (Å²) in [6.07, 6.45) is 7.56. The zero-order valence-corrected chi connectivity index (χ0v) is 11.8. The second-order valence-corrected chi connectivity index (χ2v) is 4.26. The van der Waals surface area contributed by atoms with Gasteiger partial charge in [0, 0.05) is 17.7 Å². The van der Waals surface area contributed by atoms with E-state index in [9.17, 15) is 0 Å². The highest BCUT2D eigenvalue weighted by Crippen LogP contribution is 2.21. The van der Waals surface area contributed by atoms with Crippen molar-refractivity contribution >= 4 is 11.5 Å². The van der Waals surface area contributed by atoms with Gasteiger partial charge in [-0.05, 0) is 50.2 Å². The number of rotatable bonds is 3. The minimum absolute atomic E-state index is 0.630. The molecule has 16 heavy (non-hydrogen) atoms. The van der Waals surface area contributed by atoms with E-state index in [4.69, 9.17) is 4.74 Å². The van der Waals surface area contributed by atoms with Crippen molar-refractivity contribution < 1.29 is 4.74 Å². The number of aromatic nitrogens is 1. The maximum absolute atomic E-state index is 5.28. The summed E-state index contributed by atoms with van der Waals surface area (Å²) in [5.41, 5.74) is 0. The zero-order chi connectivity index (χ0) is 12.2. The Labute approximate surface area is 104 Å². The van der Waals surface area contributed by atoms with Crippen molar-refractivity contribution in [2.75, 3.05) is 6.61 Å². The highest BCUT2D eigenvalue weighted by molar-refractivity contribution is 7.05. The van der Waals surface area contributed by atoms with Crippen molar-refractivity contribution in [1.82, 2.24) is 4.37 Å². The van der Waals surface area contributed by atoms with Gasteiger partial charge in [-0.3, -0.25) is 0 Å². The van der Waals surface area contributed by atoms with E-state index < -0.39 is 0 Å². The van der Waals surface area contributed by atoms with Crippen molar-refractivity contribution in [3.05, 3.63) is 17.1 Å². The van der Waals surface area contributed by atoms with Gasteiger partial charge in [0.25, 0.3) is 0 Å². The molecule has 1 aromatic rings. The number of aryl methyl sites for hydroxylation is 1. The van der Waals surface area contributed by atoms with Gasteiger partial charge in [-0.1, -0.05) is 20.8 Å². The molecule has 1 aliphatic rings. The number of hydrogen-bond acceptors (Lipinski definition) is 3. The summed E-state index contributed by atoms with van der Waals surface area (Å²) >= 11 is 1.57. The van der Waals surface area contributed by atoms with Gasteiger partial charge in [0.15, 0.2) is 0 Å². The highest BCUT2D eigenvalue weighted by atomic mass is 32.1. The van der Waals surface area contributed by atoms with E-state index in [2.05, 4.69) is 18.2 Å². The fraction of sp³-hybridized carbons (Fsp3) is 0.769. The molecule has 0 saturated heterocycles. The molecule has 0 bridgehead atoms. The van der Waals surface area contributed by atoms with Crippen molar-refractivity contribution in [3.63, 3.8) is 0 Å². The molecule has 0 unspecified atom stereocenters. The molecule has 0 N–H and O–H groups in total. The topological polar surface area (TPSA) is 22.1 Å². The summed E-state index contributed by atoms with van der Waals surface area (Å²) in [4.78, 5) is 1.36. The summed E-state index contributed by atoms with van der Waals surface area (Å²) in [5.74, 6) is 0. The third kappa shape index (κ3) is 6.96. The molecule has 0 spiro atoms. The third-order valence-electron chi connectivity index (χ3n) is 2.29. The summed E-state index contributed by atoms with van der Waals surface area (Å²) in [5, 5.41) is 0. The van der Waals surface area contributed by atoms with Crippen LogP contribution < -0.4 is 0 Å². The van der Waals surface area contributed by atoms with Crippen molar-refractivity contribution in [2.24, 2.45) is 0 Å². The maximum Gasteiger partial charge on any atom is 0.0575 e. The Hall–Kier alpha value is -0.410. The molecule has 94 valence electrons. The van der Waals surface area contributed by atoms with Crippen molar-refractivity contribution in [1.29, 1.82) is 0 Å². The first kappa shape index (κ1) is 15.6. The van der Waals surface area contributed by atoms with Crippen LogP contribution in [-0.2, 0) is 11.2 Å². The molecule has 1 heterocycles. The number of hydrogen-bond donors (Lipinski definition) is 0. The lowest BCUT2D eigenvalue weighted by Gasteiger charge is -2.24. The highest BCUT2D eigenvalue weighted by Gasteiger charge is 2.15. The van der Waals surface area contributed by atoms with Gasteiger partial charge < -0.3 is 4.74 Å². The lowest BCUT2D eigenvalue weighted by Crippen LogP contribution is -2.20. The molecule has 0 radical (unpaired) electrons. The van der Waals surface area contributed by atoms with Crippen LogP contribution in [0.2, 0.25) is 0 Å². The molecule has 1 aliphatic carbocycles. The van der Waals surface area contributed by atoms with Gasteiger partial charge >= 0.3 is 0 Å². The Morgan fingerprint density at radius 3 is 2.25 bits per heavy atom. The predicted octanol–water partition coefficient (Wildman–Crippen LogP) is 4.31. The van der Waals surface area contributed by atoms with Gasteiger partial charge in [-0.2, -0.15) is 0 Å². The molecule has 3 heteroatoms. The van der Waals surface area contributed by atoms with Crippen LogP contribution in [0.4, 0.5) is 0 Å². The van der Waals surface area contributed by atoms with Gasteiger partial charge in [-0.25, -0.2) is 4.37 Å². The molecule has 2 nitrogen and oxygen atoms in total. The van der Waals surface area contributed by atoms with Crippen molar-refractivity contribution in [2.45, 2.75) is 59.5 Å². The van der Waals surface area contributed by atoms with Gasteiger partial charge in [0.05, 0.1) is 6.10 Å². The van der Waals surface area contributed by atoms with E-state index in [1.54, 1.807) is 11.5 Å². The number of nitrogens with zero attached hydrogens (tertiary/aromatic N) is 1. The van der Waals surface area contributed by atoms with Crippen LogP contribution in [-0.4, -0.2) is 17.1 Å². The Balaban J connectivity index is 0.000000244. The Kier molecular flexibility index (Phi) is 10.8. The van der Waals surface area contributed by atoms with E-state index in [1.807, 2.05) is 26.1 Å². The first-order valence-electron chi connectivity index (χ1n) is 6.38. The molecule has 0 aromatic carbocycles. The Bertz CT molecular complexity index is 220. The van der Waals surface area contributed by atoms with Gasteiger partial charge in [0.1, 0.15) is 0 Å². The standard InChI is InChI=1S/C6H12O.C5H7NS.C2H6/c1-2-7-6-4-3-5-6;1-2-5-3-4-6-7-5;1-2/h6H,2-5H2,1H3;3-4H,2H2,1H3;1-2H3. The minimum Gasteiger partial charge on any atom is -0.379 e. The number of ether oxygens (including phenoxy) is 1. The molecule has 1 aromatic heterocycles. The van der Waals surface area contributed by atoms with Crippen LogP contribution in [0, 0.1) is 0 Å². The van der Waals surface area contributed by atoms with Crippen LogP contribution >= 0.6 is 11.5 Å². The third-order valence-corrected chi connectivity index (χ3v) is 3.18. The second kappa shape index (κ2) is 11.1. The summed E-state index contributed by atoms with van der Waals surface area (Å²) < 4.78 is 9.21. The monoisotopic (exact) mass is 243 g/mol. The molecule has 0 amide bonds. The van der Waals surface area contributed by atoms with E-state index in [1.165, 1.54) is 24.1 Å². The van der Waals surface area contributed by atoms with E-state index in [-0.39, 0.29) is 0 Å². The van der Waals surface area contributed by atoms with Crippen LogP contribution in [0.5, 0.6) is 0 Å². The first-order valence-corrected chi connectivity index (χ1v) is 7.15. The van der Waals surface area contributed by atoms with Crippen LogP contribution in [0.3, 0.4) is 0 Å². The van der Waals surface area contributed by atoms with Gasteiger partial charge in [0.2, 0.25) is 0 Å². The molecule has 1 fully saturated rings. The SMILES string of the molecule is CC.CCOC1CCC1.CCc1ccns1. The second-order valence-electron chi connectivity index (χ2n) is 3.34. The van der Waals surface area contributed by atoms with E-state index in [0.717, 1.165) is 13.0 Å². The predicted molar refractivity (Wildman–Crippen MR) is 72.1 cm³/mol. The maximum atomic E-state index is 5.28. The largest absolute Gasteiger partial charge is 0.379 e. The molecular weight excluding hydrogens is 218 g/mol. The molecule has 1 saturated carbocycles. The fourth-order valence-corrected chi connectivity index (χ4v) is 1.71. The average molecular weight is 243 g/mol. The first-order chi connectivity index (χ1) is 7.86. The van der Waals surface area contributed by atoms with Crippen LogP contribution in [0.1, 0.15) is 51.8 Å². The Morgan fingerprint density at radius 1 is 1.38 bits per heavy atom. The van der Waals surface area contributed by atoms with Crippen LogP contribution in [0.15, 0.2) is 12.3 Å². The molecule has 0 atom stereocenters. The summed E-state index contributed by atoms with van der Waals surface area (Å²) in [7, 11) is 0. The molecule has 0 aliphatic heterocycles. The van der Waals surface area contributed by atoms with Crippen LogP contribution in [0.25, 0.3) is 0 Å². The smallest absolute Gasteiger partial charge is 0.0575 e. The fourth-order valence-electron chi connectivity index (χ4n) is 1.20. The summed E-state index contributed by atoms with van der Waals surface area (Å²) in [6.45, 7) is 9.08. The quantitative estimate of drug-likeness (QED) is 0.789.